The van der Waals surface area contributed by atoms with Gasteiger partial charge in [0.05, 0.1) is 0 Å². The fraction of sp³-hybridized carbons (Fsp3) is 0.300. The molecule has 0 unspecified atom stereocenters. The molecule has 0 atom stereocenters. The molecule has 200 valence electrons. The van der Waals surface area contributed by atoms with E-state index in [4.69, 9.17) is 25.8 Å². The Morgan fingerprint density at radius 3 is 2.08 bits per heavy atom. The molecular formula is C30H32ClNO6. The number of amides is 1. The van der Waals surface area contributed by atoms with Crippen LogP contribution in [0.1, 0.15) is 38.3 Å². The number of ether oxygens (including phenoxy) is 3. The molecule has 0 saturated heterocycles. The SMILES string of the molecule is CC(=O)NC(CCc1cccc(-c2cccc(OCc3ccccc3Cl)c2)c1)(COC(C)=O)COC(C)=O. The molecule has 0 saturated carbocycles. The zero-order chi connectivity index (χ0) is 27.5. The van der Waals surface area contributed by atoms with Gasteiger partial charge in [0.25, 0.3) is 0 Å². The Labute approximate surface area is 228 Å². The molecule has 3 aromatic carbocycles. The van der Waals surface area contributed by atoms with E-state index in [-0.39, 0.29) is 19.1 Å². The van der Waals surface area contributed by atoms with Gasteiger partial charge in [0.2, 0.25) is 5.91 Å². The Kier molecular flexibility index (Phi) is 10.3. The van der Waals surface area contributed by atoms with Gasteiger partial charge < -0.3 is 19.5 Å². The van der Waals surface area contributed by atoms with Crippen LogP contribution in [-0.4, -0.2) is 36.6 Å². The highest BCUT2D eigenvalue weighted by atomic mass is 35.5. The molecular weight excluding hydrogens is 506 g/mol. The molecule has 0 spiro atoms. The molecule has 8 heteroatoms. The van der Waals surface area contributed by atoms with Crippen molar-refractivity contribution >= 4 is 29.4 Å². The van der Waals surface area contributed by atoms with Crippen molar-refractivity contribution in [3.63, 3.8) is 0 Å². The second-order valence-electron chi connectivity index (χ2n) is 9.13. The summed E-state index contributed by atoms with van der Waals surface area (Å²) in [6, 6.07) is 23.4. The van der Waals surface area contributed by atoms with E-state index in [0.717, 1.165) is 28.0 Å². The van der Waals surface area contributed by atoms with Crippen LogP contribution in [0.25, 0.3) is 11.1 Å². The van der Waals surface area contributed by atoms with Crippen molar-refractivity contribution in [3.05, 3.63) is 88.9 Å². The van der Waals surface area contributed by atoms with Crippen molar-refractivity contribution < 1.29 is 28.6 Å². The van der Waals surface area contributed by atoms with Gasteiger partial charge in [-0.3, -0.25) is 14.4 Å². The van der Waals surface area contributed by atoms with Gasteiger partial charge in [-0.15, -0.1) is 0 Å². The first-order valence-electron chi connectivity index (χ1n) is 12.3. The molecule has 0 aromatic heterocycles. The first kappa shape index (κ1) is 28.7. The van der Waals surface area contributed by atoms with Crippen LogP contribution < -0.4 is 10.1 Å². The Balaban J connectivity index is 1.76. The smallest absolute Gasteiger partial charge is 0.302 e. The number of hydrogen-bond donors (Lipinski definition) is 1. The molecule has 3 rings (SSSR count). The topological polar surface area (TPSA) is 90.9 Å². The molecule has 0 fully saturated rings. The lowest BCUT2D eigenvalue weighted by Gasteiger charge is -2.33. The molecule has 0 aliphatic rings. The van der Waals surface area contributed by atoms with Crippen LogP contribution in [0.4, 0.5) is 0 Å². The Hall–Kier alpha value is -3.84. The van der Waals surface area contributed by atoms with Crippen molar-refractivity contribution in [1.29, 1.82) is 0 Å². The van der Waals surface area contributed by atoms with Crippen molar-refractivity contribution in [2.45, 2.75) is 45.8 Å². The number of halogens is 1. The van der Waals surface area contributed by atoms with Gasteiger partial charge >= 0.3 is 11.9 Å². The summed E-state index contributed by atoms with van der Waals surface area (Å²) in [4.78, 5) is 35.0. The lowest BCUT2D eigenvalue weighted by molar-refractivity contribution is -0.150. The minimum atomic E-state index is -1.05. The number of rotatable bonds is 12. The fourth-order valence-electron chi connectivity index (χ4n) is 4.01. The zero-order valence-electron chi connectivity index (χ0n) is 21.8. The Morgan fingerprint density at radius 2 is 1.45 bits per heavy atom. The minimum Gasteiger partial charge on any atom is -0.489 e. The standard InChI is InChI=1S/C30H32ClNO6/c1-21(33)32-30(19-37-22(2)34,20-38-23(3)35)15-14-24-8-6-10-25(16-24)26-11-7-12-28(17-26)36-18-27-9-4-5-13-29(27)31/h4-13,16-17H,14-15,18-20H2,1-3H3,(H,32,33). The summed E-state index contributed by atoms with van der Waals surface area (Å²) in [5, 5.41) is 3.50. The molecule has 0 aliphatic heterocycles. The first-order valence-corrected chi connectivity index (χ1v) is 12.6. The third kappa shape index (κ3) is 8.92. The van der Waals surface area contributed by atoms with E-state index in [1.54, 1.807) is 0 Å². The van der Waals surface area contributed by atoms with E-state index in [1.807, 2.05) is 66.7 Å². The van der Waals surface area contributed by atoms with Crippen molar-refractivity contribution in [1.82, 2.24) is 5.32 Å². The summed E-state index contributed by atoms with van der Waals surface area (Å²) in [6.07, 6.45) is 0.928. The average Bonchev–Trinajstić information content (AvgIpc) is 2.89. The zero-order valence-corrected chi connectivity index (χ0v) is 22.5. The fourth-order valence-corrected chi connectivity index (χ4v) is 4.20. The average molecular weight is 538 g/mol. The highest BCUT2D eigenvalue weighted by Gasteiger charge is 2.34. The van der Waals surface area contributed by atoms with Crippen LogP contribution in [0.3, 0.4) is 0 Å². The normalized spacial score (nSPS) is 10.9. The van der Waals surface area contributed by atoms with Gasteiger partial charge in [-0.25, -0.2) is 0 Å². The van der Waals surface area contributed by atoms with E-state index >= 15 is 0 Å². The summed E-state index contributed by atoms with van der Waals surface area (Å²) in [5.74, 6) is -0.561. The minimum absolute atomic E-state index is 0.111. The number of hydrogen-bond acceptors (Lipinski definition) is 6. The molecule has 0 heterocycles. The van der Waals surface area contributed by atoms with Gasteiger partial charge in [0, 0.05) is 31.4 Å². The van der Waals surface area contributed by atoms with Crippen molar-refractivity contribution in [2.24, 2.45) is 0 Å². The number of benzene rings is 3. The molecule has 0 radical (unpaired) electrons. The molecule has 0 aliphatic carbocycles. The van der Waals surface area contributed by atoms with E-state index in [0.29, 0.717) is 24.5 Å². The van der Waals surface area contributed by atoms with Gasteiger partial charge in [0.1, 0.15) is 31.1 Å². The highest BCUT2D eigenvalue weighted by Crippen LogP contribution is 2.27. The Morgan fingerprint density at radius 1 is 0.816 bits per heavy atom. The number of carbonyl (C=O) groups excluding carboxylic acids is 3. The molecule has 38 heavy (non-hydrogen) atoms. The number of esters is 2. The quantitative estimate of drug-likeness (QED) is 0.306. The lowest BCUT2D eigenvalue weighted by atomic mass is 9.91. The van der Waals surface area contributed by atoms with Crippen molar-refractivity contribution in [2.75, 3.05) is 13.2 Å². The van der Waals surface area contributed by atoms with E-state index in [9.17, 15) is 14.4 Å². The second kappa shape index (κ2) is 13.6. The van der Waals surface area contributed by atoms with Gasteiger partial charge in [-0.2, -0.15) is 0 Å². The number of carbonyl (C=O) groups is 3. The maximum atomic E-state index is 12.0. The molecule has 0 bridgehead atoms. The predicted octanol–water partition coefficient (Wildman–Crippen LogP) is 5.52. The van der Waals surface area contributed by atoms with Crippen LogP contribution in [0.5, 0.6) is 5.75 Å². The van der Waals surface area contributed by atoms with E-state index in [1.165, 1.54) is 20.8 Å². The third-order valence-electron chi connectivity index (χ3n) is 5.88. The molecule has 1 amide bonds. The molecule has 1 N–H and O–H groups in total. The first-order chi connectivity index (χ1) is 18.2. The monoisotopic (exact) mass is 537 g/mol. The summed E-state index contributed by atoms with van der Waals surface area (Å²) < 4.78 is 16.4. The van der Waals surface area contributed by atoms with Gasteiger partial charge in [-0.1, -0.05) is 66.2 Å². The summed E-state index contributed by atoms with van der Waals surface area (Å²) in [7, 11) is 0. The lowest BCUT2D eigenvalue weighted by Crippen LogP contribution is -2.55. The van der Waals surface area contributed by atoms with E-state index < -0.39 is 17.5 Å². The number of nitrogens with one attached hydrogen (secondary N) is 1. The van der Waals surface area contributed by atoms with Crippen LogP contribution in [0.2, 0.25) is 5.02 Å². The van der Waals surface area contributed by atoms with Crippen LogP contribution in [0.15, 0.2) is 72.8 Å². The third-order valence-corrected chi connectivity index (χ3v) is 6.25. The largest absolute Gasteiger partial charge is 0.489 e. The second-order valence-corrected chi connectivity index (χ2v) is 9.54. The maximum absolute atomic E-state index is 12.0. The van der Waals surface area contributed by atoms with E-state index in [2.05, 4.69) is 11.4 Å². The van der Waals surface area contributed by atoms with Gasteiger partial charge in [0.15, 0.2) is 0 Å². The Bertz CT molecular complexity index is 1260. The molecule has 3 aromatic rings. The predicted molar refractivity (Wildman–Crippen MR) is 146 cm³/mol. The van der Waals surface area contributed by atoms with Gasteiger partial charge in [-0.05, 0) is 47.7 Å². The van der Waals surface area contributed by atoms with Crippen molar-refractivity contribution in [3.8, 4) is 16.9 Å². The maximum Gasteiger partial charge on any atom is 0.302 e. The summed E-state index contributed by atoms with van der Waals surface area (Å²) in [5.41, 5.74) is 2.84. The van der Waals surface area contributed by atoms with Crippen LogP contribution in [-0.2, 0) is 36.9 Å². The summed E-state index contributed by atoms with van der Waals surface area (Å²) >= 11 is 6.24. The summed E-state index contributed by atoms with van der Waals surface area (Å²) in [6.45, 7) is 4.09. The molecule has 7 nitrogen and oxygen atoms in total. The highest BCUT2D eigenvalue weighted by molar-refractivity contribution is 6.31. The van der Waals surface area contributed by atoms with Crippen LogP contribution in [0, 0.1) is 0 Å². The number of aryl methyl sites for hydroxylation is 1. The van der Waals surface area contributed by atoms with Crippen LogP contribution >= 0.6 is 11.6 Å².